The molecule has 0 saturated heterocycles. The van der Waals surface area contributed by atoms with Crippen LogP contribution in [0.3, 0.4) is 0 Å². The molecule has 0 spiro atoms. The number of hydrogen-bond acceptors (Lipinski definition) is 2. The third-order valence-electron chi connectivity index (χ3n) is 3.98. The van der Waals surface area contributed by atoms with Crippen molar-refractivity contribution < 1.29 is 4.79 Å². The predicted molar refractivity (Wildman–Crippen MR) is 88.5 cm³/mol. The molecular formula is C16H32N4O. The maximum absolute atomic E-state index is 11.6. The van der Waals surface area contributed by atoms with Gasteiger partial charge in [-0.3, -0.25) is 4.79 Å². The van der Waals surface area contributed by atoms with Crippen LogP contribution in [0.2, 0.25) is 0 Å². The molecule has 1 amide bonds. The molecule has 0 aromatic heterocycles. The number of carbonyl (C=O) groups excluding carboxylic acids is 1. The van der Waals surface area contributed by atoms with Gasteiger partial charge in [-0.05, 0) is 25.2 Å². The lowest BCUT2D eigenvalue weighted by atomic mass is 9.89. The molecule has 0 unspecified atom stereocenters. The van der Waals surface area contributed by atoms with Gasteiger partial charge in [0.05, 0.1) is 0 Å². The molecule has 0 aromatic rings. The van der Waals surface area contributed by atoms with Crippen molar-refractivity contribution in [2.75, 3.05) is 33.7 Å². The average Bonchev–Trinajstić information content (AvgIpc) is 2.50. The van der Waals surface area contributed by atoms with Crippen LogP contribution in [0.5, 0.6) is 0 Å². The highest BCUT2D eigenvalue weighted by Gasteiger charge is 2.13. The second-order valence-corrected chi connectivity index (χ2v) is 6.12. The summed E-state index contributed by atoms with van der Waals surface area (Å²) < 4.78 is 0. The first-order chi connectivity index (χ1) is 10.1. The minimum atomic E-state index is 0.0317. The third kappa shape index (κ3) is 7.93. The van der Waals surface area contributed by atoms with Crippen molar-refractivity contribution in [1.82, 2.24) is 15.5 Å². The molecule has 1 fully saturated rings. The summed E-state index contributed by atoms with van der Waals surface area (Å²) in [5, 5.41) is 6.73. The van der Waals surface area contributed by atoms with Crippen molar-refractivity contribution in [3.63, 3.8) is 0 Å². The summed E-state index contributed by atoms with van der Waals surface area (Å²) in [4.78, 5) is 17.6. The number of rotatable bonds is 7. The molecule has 1 aliphatic rings. The Morgan fingerprint density at radius 2 is 1.90 bits per heavy atom. The maximum Gasteiger partial charge on any atom is 0.243 e. The van der Waals surface area contributed by atoms with Gasteiger partial charge < -0.3 is 15.5 Å². The Kier molecular flexibility index (Phi) is 8.87. The standard InChI is InChI=1S/C16H32N4O/c1-4-5-11-17-16(19-13-15(21)20(2)3)18-12-14-9-7-6-8-10-14/h14H,4-13H2,1-3H3,(H2,17,18,19). The van der Waals surface area contributed by atoms with Crippen molar-refractivity contribution in [3.05, 3.63) is 0 Å². The molecule has 0 bridgehead atoms. The van der Waals surface area contributed by atoms with E-state index in [9.17, 15) is 4.79 Å². The van der Waals surface area contributed by atoms with E-state index in [4.69, 9.17) is 0 Å². The molecule has 0 aliphatic heterocycles. The second-order valence-electron chi connectivity index (χ2n) is 6.12. The van der Waals surface area contributed by atoms with Gasteiger partial charge in [0.25, 0.3) is 0 Å². The maximum atomic E-state index is 11.6. The topological polar surface area (TPSA) is 56.7 Å². The third-order valence-corrected chi connectivity index (χ3v) is 3.98. The molecule has 1 aliphatic carbocycles. The van der Waals surface area contributed by atoms with Crippen LogP contribution in [0.15, 0.2) is 4.99 Å². The van der Waals surface area contributed by atoms with E-state index in [2.05, 4.69) is 22.5 Å². The van der Waals surface area contributed by atoms with E-state index in [1.54, 1.807) is 19.0 Å². The Balaban J connectivity index is 2.42. The fraction of sp³-hybridized carbons (Fsp3) is 0.875. The first-order valence-corrected chi connectivity index (χ1v) is 8.35. The molecule has 21 heavy (non-hydrogen) atoms. The first kappa shape index (κ1) is 17.8. The minimum Gasteiger partial charge on any atom is -0.356 e. The summed E-state index contributed by atoms with van der Waals surface area (Å²) in [6, 6.07) is 0. The van der Waals surface area contributed by atoms with E-state index in [0.29, 0.717) is 0 Å². The van der Waals surface area contributed by atoms with E-state index < -0.39 is 0 Å². The Hall–Kier alpha value is -1.26. The van der Waals surface area contributed by atoms with Crippen LogP contribution >= 0.6 is 0 Å². The van der Waals surface area contributed by atoms with Crippen LogP contribution in [-0.2, 0) is 4.79 Å². The highest BCUT2D eigenvalue weighted by atomic mass is 16.2. The molecule has 0 heterocycles. The van der Waals surface area contributed by atoms with Crippen LogP contribution in [0.4, 0.5) is 0 Å². The highest BCUT2D eigenvalue weighted by Crippen LogP contribution is 2.22. The number of guanidine groups is 1. The van der Waals surface area contributed by atoms with Crippen molar-refractivity contribution in [2.45, 2.75) is 51.9 Å². The monoisotopic (exact) mass is 296 g/mol. The number of nitrogens with one attached hydrogen (secondary N) is 2. The largest absolute Gasteiger partial charge is 0.356 e. The molecule has 1 rings (SSSR count). The number of amides is 1. The number of likely N-dealkylation sites (N-methyl/N-ethyl adjacent to an activating group) is 1. The van der Waals surface area contributed by atoms with Gasteiger partial charge in [0.2, 0.25) is 5.91 Å². The van der Waals surface area contributed by atoms with Crippen LogP contribution < -0.4 is 10.6 Å². The number of nitrogens with zero attached hydrogens (tertiary/aromatic N) is 2. The number of carbonyl (C=O) groups is 1. The number of unbranched alkanes of at least 4 members (excludes halogenated alkanes) is 1. The number of hydrogen-bond donors (Lipinski definition) is 2. The Bertz CT molecular complexity index is 322. The normalized spacial score (nSPS) is 16.6. The van der Waals surface area contributed by atoms with E-state index in [0.717, 1.165) is 37.8 Å². The minimum absolute atomic E-state index is 0.0317. The first-order valence-electron chi connectivity index (χ1n) is 8.35. The Morgan fingerprint density at radius 3 is 2.52 bits per heavy atom. The lowest BCUT2D eigenvalue weighted by molar-refractivity contribution is -0.127. The fourth-order valence-electron chi connectivity index (χ4n) is 2.48. The lowest BCUT2D eigenvalue weighted by Gasteiger charge is -2.23. The van der Waals surface area contributed by atoms with Gasteiger partial charge in [-0.25, -0.2) is 4.99 Å². The van der Waals surface area contributed by atoms with E-state index in [1.807, 2.05) is 0 Å². The van der Waals surface area contributed by atoms with Crippen LogP contribution in [-0.4, -0.2) is 50.5 Å². The number of aliphatic imine (C=N–C) groups is 1. The molecule has 2 N–H and O–H groups in total. The smallest absolute Gasteiger partial charge is 0.243 e. The summed E-state index contributed by atoms with van der Waals surface area (Å²) in [7, 11) is 3.52. The molecular weight excluding hydrogens is 264 g/mol. The van der Waals surface area contributed by atoms with Gasteiger partial charge in [-0.2, -0.15) is 0 Å². The summed E-state index contributed by atoms with van der Waals surface area (Å²) in [6.45, 7) is 4.25. The predicted octanol–water partition coefficient (Wildman–Crippen LogP) is 1.99. The van der Waals surface area contributed by atoms with Gasteiger partial charge in [-0.15, -0.1) is 0 Å². The average molecular weight is 296 g/mol. The van der Waals surface area contributed by atoms with Gasteiger partial charge in [0.1, 0.15) is 6.54 Å². The van der Waals surface area contributed by atoms with Crippen molar-refractivity contribution in [3.8, 4) is 0 Å². The molecule has 5 nitrogen and oxygen atoms in total. The molecule has 0 atom stereocenters. The summed E-state index contributed by atoms with van der Waals surface area (Å²) in [5.41, 5.74) is 0. The lowest BCUT2D eigenvalue weighted by Crippen LogP contribution is -2.41. The Morgan fingerprint density at radius 1 is 1.19 bits per heavy atom. The summed E-state index contributed by atoms with van der Waals surface area (Å²) in [6.07, 6.45) is 8.97. The molecule has 5 heteroatoms. The zero-order chi connectivity index (χ0) is 15.5. The van der Waals surface area contributed by atoms with E-state index in [1.165, 1.54) is 32.1 Å². The van der Waals surface area contributed by atoms with E-state index >= 15 is 0 Å². The van der Waals surface area contributed by atoms with Gasteiger partial charge >= 0.3 is 0 Å². The summed E-state index contributed by atoms with van der Waals surface area (Å²) in [5.74, 6) is 1.56. The molecule has 1 saturated carbocycles. The van der Waals surface area contributed by atoms with Crippen molar-refractivity contribution >= 4 is 11.9 Å². The van der Waals surface area contributed by atoms with Crippen LogP contribution in [0.1, 0.15) is 51.9 Å². The van der Waals surface area contributed by atoms with Crippen LogP contribution in [0.25, 0.3) is 0 Å². The van der Waals surface area contributed by atoms with Gasteiger partial charge in [-0.1, -0.05) is 32.6 Å². The van der Waals surface area contributed by atoms with Crippen molar-refractivity contribution in [2.24, 2.45) is 10.9 Å². The fourth-order valence-corrected chi connectivity index (χ4v) is 2.48. The van der Waals surface area contributed by atoms with Crippen molar-refractivity contribution in [1.29, 1.82) is 0 Å². The SMILES string of the molecule is CCCCNC(=NCC(=O)N(C)C)NCC1CCCCC1. The zero-order valence-electron chi connectivity index (χ0n) is 14.0. The van der Waals surface area contributed by atoms with E-state index in [-0.39, 0.29) is 12.5 Å². The molecule has 0 aromatic carbocycles. The van der Waals surface area contributed by atoms with Gasteiger partial charge in [0, 0.05) is 27.2 Å². The zero-order valence-corrected chi connectivity index (χ0v) is 14.0. The second kappa shape index (κ2) is 10.5. The van der Waals surface area contributed by atoms with Crippen LogP contribution in [0, 0.1) is 5.92 Å². The summed E-state index contributed by atoms with van der Waals surface area (Å²) >= 11 is 0. The highest BCUT2D eigenvalue weighted by molar-refractivity contribution is 5.84. The molecule has 0 radical (unpaired) electrons. The van der Waals surface area contributed by atoms with Gasteiger partial charge in [0.15, 0.2) is 5.96 Å². The molecule has 122 valence electrons. The quantitative estimate of drug-likeness (QED) is 0.429. The Labute approximate surface area is 129 Å².